The molecule has 0 saturated heterocycles. The molecule has 1 atom stereocenters. The summed E-state index contributed by atoms with van der Waals surface area (Å²) in [6, 6.07) is 11.3. The van der Waals surface area contributed by atoms with Crippen LogP contribution in [0.1, 0.15) is 29.1 Å². The number of halogens is 1. The number of amides is 1. The lowest BCUT2D eigenvalue weighted by Crippen LogP contribution is -2.41. The number of rotatable bonds is 2. The first-order valence-electron chi connectivity index (χ1n) is 8.05. The Morgan fingerprint density at radius 3 is 2.76 bits per heavy atom. The molecule has 0 saturated carbocycles. The minimum atomic E-state index is -0.176. The summed E-state index contributed by atoms with van der Waals surface area (Å²) in [4.78, 5) is 23.3. The summed E-state index contributed by atoms with van der Waals surface area (Å²) < 4.78 is 1.88. The van der Waals surface area contributed by atoms with Gasteiger partial charge in [-0.25, -0.2) is 9.67 Å². The molecule has 0 aliphatic carbocycles. The lowest BCUT2D eigenvalue weighted by Gasteiger charge is -2.32. The maximum absolute atomic E-state index is 12.8. The molecule has 25 heavy (non-hydrogen) atoms. The van der Waals surface area contributed by atoms with E-state index in [4.69, 9.17) is 11.6 Å². The Labute approximate surface area is 150 Å². The van der Waals surface area contributed by atoms with Crippen molar-refractivity contribution in [1.29, 1.82) is 0 Å². The van der Waals surface area contributed by atoms with E-state index in [2.05, 4.69) is 15.1 Å². The van der Waals surface area contributed by atoms with Crippen LogP contribution in [0.5, 0.6) is 0 Å². The lowest BCUT2D eigenvalue weighted by atomic mass is 10.1. The van der Waals surface area contributed by atoms with Crippen LogP contribution < -0.4 is 0 Å². The van der Waals surface area contributed by atoms with Gasteiger partial charge >= 0.3 is 0 Å². The Balaban J connectivity index is 1.64. The molecule has 1 aliphatic rings. The van der Waals surface area contributed by atoms with Crippen molar-refractivity contribution in [3.8, 4) is 11.4 Å². The number of hydrogen-bond acceptors (Lipinski definition) is 4. The summed E-state index contributed by atoms with van der Waals surface area (Å²) in [6.07, 6.45) is 3.05. The fourth-order valence-electron chi connectivity index (χ4n) is 3.04. The minimum Gasteiger partial charge on any atom is -0.327 e. The van der Waals surface area contributed by atoms with Crippen molar-refractivity contribution >= 4 is 17.5 Å². The zero-order valence-electron chi connectivity index (χ0n) is 13.6. The van der Waals surface area contributed by atoms with E-state index in [1.807, 2.05) is 41.9 Å². The quantitative estimate of drug-likeness (QED) is 0.709. The monoisotopic (exact) mass is 353 g/mol. The van der Waals surface area contributed by atoms with E-state index < -0.39 is 0 Å². The van der Waals surface area contributed by atoms with Gasteiger partial charge in [0, 0.05) is 24.5 Å². The summed E-state index contributed by atoms with van der Waals surface area (Å²) in [5.41, 5.74) is 1.45. The highest BCUT2D eigenvalue weighted by Crippen LogP contribution is 2.27. The van der Waals surface area contributed by atoms with E-state index in [-0.39, 0.29) is 11.9 Å². The summed E-state index contributed by atoms with van der Waals surface area (Å²) in [6.45, 7) is 3.14. The van der Waals surface area contributed by atoms with Gasteiger partial charge in [-0.05, 0) is 13.0 Å². The van der Waals surface area contributed by atoms with Crippen molar-refractivity contribution in [1.82, 2.24) is 24.6 Å². The molecular formula is C18H16ClN5O. The van der Waals surface area contributed by atoms with Crippen molar-refractivity contribution in [3.05, 3.63) is 65.2 Å². The maximum Gasteiger partial charge on any atom is 0.256 e. The predicted octanol–water partition coefficient (Wildman–Crippen LogP) is 3.21. The molecule has 0 bridgehead atoms. The van der Waals surface area contributed by atoms with Crippen LogP contribution in [0.4, 0.5) is 0 Å². The molecule has 1 aliphatic heterocycles. The van der Waals surface area contributed by atoms with Gasteiger partial charge < -0.3 is 4.90 Å². The molecule has 6 nitrogen and oxygen atoms in total. The van der Waals surface area contributed by atoms with Gasteiger partial charge in [0.25, 0.3) is 5.91 Å². The molecule has 1 amide bonds. The van der Waals surface area contributed by atoms with Gasteiger partial charge in [-0.1, -0.05) is 41.9 Å². The zero-order chi connectivity index (χ0) is 17.4. The number of carbonyl (C=O) groups excluding carboxylic acids is 1. The van der Waals surface area contributed by atoms with E-state index in [0.717, 1.165) is 11.4 Å². The van der Waals surface area contributed by atoms with Gasteiger partial charge in [0.1, 0.15) is 5.82 Å². The van der Waals surface area contributed by atoms with Gasteiger partial charge in [-0.2, -0.15) is 5.10 Å². The smallest absolute Gasteiger partial charge is 0.256 e. The topological polar surface area (TPSA) is 63.9 Å². The average Bonchev–Trinajstić information content (AvgIpc) is 3.08. The third-order valence-electron chi connectivity index (χ3n) is 4.34. The van der Waals surface area contributed by atoms with Crippen LogP contribution in [-0.2, 0) is 6.54 Å². The van der Waals surface area contributed by atoms with Crippen LogP contribution in [-0.4, -0.2) is 37.1 Å². The molecule has 3 heterocycles. The molecule has 4 rings (SSSR count). The van der Waals surface area contributed by atoms with E-state index >= 15 is 0 Å². The largest absolute Gasteiger partial charge is 0.327 e. The highest BCUT2D eigenvalue weighted by molar-refractivity contribution is 6.30. The normalized spacial score (nSPS) is 16.6. The summed E-state index contributed by atoms with van der Waals surface area (Å²) in [5, 5.41) is 5.04. The second-order valence-electron chi connectivity index (χ2n) is 5.95. The number of aromatic nitrogens is 4. The standard InChI is InChI=1S/C18H16ClN5O/c1-12-17-21-16(13-5-3-2-4-6-13)22-24(17)8-7-23(12)18(25)14-9-15(19)11-20-10-14/h2-6,9-12H,7-8H2,1H3/t12-/m0/s1. The molecule has 0 spiro atoms. The Kier molecular flexibility index (Phi) is 3.97. The average molecular weight is 354 g/mol. The number of hydrogen-bond donors (Lipinski definition) is 0. The molecule has 0 N–H and O–H groups in total. The highest BCUT2D eigenvalue weighted by Gasteiger charge is 2.31. The van der Waals surface area contributed by atoms with Gasteiger partial charge in [0.05, 0.1) is 23.2 Å². The van der Waals surface area contributed by atoms with Gasteiger partial charge in [0.15, 0.2) is 5.82 Å². The lowest BCUT2D eigenvalue weighted by molar-refractivity contribution is 0.0630. The number of pyridine rings is 1. The summed E-state index contributed by atoms with van der Waals surface area (Å²) in [7, 11) is 0. The van der Waals surface area contributed by atoms with Crippen molar-refractivity contribution in [2.24, 2.45) is 0 Å². The molecule has 0 radical (unpaired) electrons. The fraction of sp³-hybridized carbons (Fsp3) is 0.222. The second-order valence-corrected chi connectivity index (χ2v) is 6.39. The highest BCUT2D eigenvalue weighted by atomic mass is 35.5. The van der Waals surface area contributed by atoms with Crippen molar-refractivity contribution in [2.45, 2.75) is 19.5 Å². The molecule has 126 valence electrons. The first kappa shape index (κ1) is 15.8. The second kappa shape index (κ2) is 6.29. The molecular weight excluding hydrogens is 338 g/mol. The fourth-order valence-corrected chi connectivity index (χ4v) is 3.22. The Hall–Kier alpha value is -2.73. The maximum atomic E-state index is 12.8. The summed E-state index contributed by atoms with van der Waals surface area (Å²) >= 11 is 5.96. The molecule has 7 heteroatoms. The van der Waals surface area contributed by atoms with Gasteiger partial charge in [0.2, 0.25) is 0 Å². The van der Waals surface area contributed by atoms with Gasteiger partial charge in [-0.3, -0.25) is 9.78 Å². The van der Waals surface area contributed by atoms with Crippen LogP contribution in [0.15, 0.2) is 48.8 Å². The number of benzene rings is 1. The molecule has 0 unspecified atom stereocenters. The summed E-state index contributed by atoms with van der Waals surface area (Å²) in [5.74, 6) is 1.37. The third-order valence-corrected chi connectivity index (χ3v) is 4.55. The van der Waals surface area contributed by atoms with Gasteiger partial charge in [-0.15, -0.1) is 0 Å². The first-order chi connectivity index (χ1) is 12.1. The first-order valence-corrected chi connectivity index (χ1v) is 8.43. The van der Waals surface area contributed by atoms with Crippen molar-refractivity contribution in [3.63, 3.8) is 0 Å². The van der Waals surface area contributed by atoms with E-state index in [1.165, 1.54) is 12.4 Å². The number of carbonyl (C=O) groups is 1. The Morgan fingerprint density at radius 2 is 2.00 bits per heavy atom. The predicted molar refractivity (Wildman–Crippen MR) is 94.2 cm³/mol. The molecule has 0 fully saturated rings. The Morgan fingerprint density at radius 1 is 1.20 bits per heavy atom. The third kappa shape index (κ3) is 2.89. The van der Waals surface area contributed by atoms with Crippen LogP contribution in [0.2, 0.25) is 5.02 Å². The van der Waals surface area contributed by atoms with Crippen LogP contribution in [0, 0.1) is 0 Å². The molecule has 3 aromatic rings. The molecule has 2 aromatic heterocycles. The van der Waals surface area contributed by atoms with Crippen LogP contribution in [0.25, 0.3) is 11.4 Å². The van der Waals surface area contributed by atoms with E-state index in [0.29, 0.717) is 29.5 Å². The minimum absolute atomic E-state index is 0.0991. The van der Waals surface area contributed by atoms with Crippen LogP contribution >= 0.6 is 11.6 Å². The number of fused-ring (bicyclic) bond motifs is 1. The molecule has 1 aromatic carbocycles. The van der Waals surface area contributed by atoms with Crippen LogP contribution in [0.3, 0.4) is 0 Å². The van der Waals surface area contributed by atoms with E-state index in [9.17, 15) is 4.79 Å². The van der Waals surface area contributed by atoms with Crippen molar-refractivity contribution < 1.29 is 4.79 Å². The van der Waals surface area contributed by atoms with E-state index in [1.54, 1.807) is 11.0 Å². The number of nitrogens with zero attached hydrogens (tertiary/aromatic N) is 5. The van der Waals surface area contributed by atoms with Crippen molar-refractivity contribution in [2.75, 3.05) is 6.54 Å². The zero-order valence-corrected chi connectivity index (χ0v) is 14.4. The SMILES string of the molecule is C[C@H]1c2nc(-c3ccccc3)nn2CCN1C(=O)c1cncc(Cl)c1. The Bertz CT molecular complexity index is 924.